The topological polar surface area (TPSA) is 116 Å². The number of amides is 2. The summed E-state index contributed by atoms with van der Waals surface area (Å²) < 4.78 is 0. The minimum atomic E-state index is -0.945. The van der Waals surface area contributed by atoms with Crippen LogP contribution in [0.1, 0.15) is 12.8 Å². The maximum absolute atomic E-state index is 10.6. The lowest BCUT2D eigenvalue weighted by molar-refractivity contribution is -0.120. The van der Waals surface area contributed by atoms with E-state index in [1.165, 1.54) is 0 Å². The predicted octanol–water partition coefficient (Wildman–Crippen LogP) is -1.56. The van der Waals surface area contributed by atoms with Crippen molar-refractivity contribution in [2.45, 2.75) is 18.9 Å². The van der Waals surface area contributed by atoms with E-state index < -0.39 is 17.9 Å². The monoisotopic (exact) mass is 171 g/mol. The van der Waals surface area contributed by atoms with Crippen LogP contribution in [0.2, 0.25) is 0 Å². The van der Waals surface area contributed by atoms with Gasteiger partial charge in [0.1, 0.15) is 0 Å². The van der Waals surface area contributed by atoms with Crippen molar-refractivity contribution in [2.75, 3.05) is 0 Å². The van der Waals surface area contributed by atoms with Gasteiger partial charge in [0.2, 0.25) is 12.0 Å². The van der Waals surface area contributed by atoms with Gasteiger partial charge in [0, 0.05) is 6.42 Å². The quantitative estimate of drug-likeness (QED) is 0.393. The molecule has 0 radical (unpaired) electrons. The van der Waals surface area contributed by atoms with Crippen LogP contribution in [0, 0.1) is 0 Å². The number of nitrogens with zero attached hydrogens (tertiary/aromatic N) is 1. The Morgan fingerprint density at radius 1 is 1.50 bits per heavy atom. The third-order valence-electron chi connectivity index (χ3n) is 1.17. The summed E-state index contributed by atoms with van der Waals surface area (Å²) in [5.41, 5.74) is 10.0. The van der Waals surface area contributed by atoms with Gasteiger partial charge in [-0.1, -0.05) is 0 Å². The molecule has 2 amide bonds. The summed E-state index contributed by atoms with van der Waals surface area (Å²) in [4.78, 5) is 33.3. The second kappa shape index (κ2) is 5.17. The molecule has 0 aliphatic rings. The molecule has 0 aromatic heterocycles. The first-order chi connectivity index (χ1) is 5.57. The number of hydrogen-bond donors (Lipinski definition) is 2. The Hall–Kier alpha value is -1.52. The molecule has 0 fully saturated rings. The summed E-state index contributed by atoms with van der Waals surface area (Å²) in [7, 11) is 0. The molecular formula is C6H9N3O3. The highest BCUT2D eigenvalue weighted by atomic mass is 16.2. The molecule has 0 aliphatic carbocycles. The fourth-order valence-electron chi connectivity index (χ4n) is 0.549. The average molecular weight is 171 g/mol. The third-order valence-corrected chi connectivity index (χ3v) is 1.17. The van der Waals surface area contributed by atoms with E-state index in [2.05, 4.69) is 4.99 Å². The summed E-state index contributed by atoms with van der Waals surface area (Å²) in [5, 5.41) is 0. The molecule has 0 spiro atoms. The van der Waals surface area contributed by atoms with Gasteiger partial charge in [-0.25, -0.2) is 4.79 Å². The Morgan fingerprint density at radius 2 is 2.08 bits per heavy atom. The number of aliphatic imine (C=N–C) groups is 1. The van der Waals surface area contributed by atoms with Crippen molar-refractivity contribution in [2.24, 2.45) is 16.5 Å². The van der Waals surface area contributed by atoms with Crippen molar-refractivity contribution in [3.05, 3.63) is 0 Å². The lowest BCUT2D eigenvalue weighted by atomic mass is 10.1. The Balaban J connectivity index is 3.87. The zero-order valence-electron chi connectivity index (χ0n) is 6.32. The number of hydrogen-bond acceptors (Lipinski definition) is 4. The number of primary amides is 1. The van der Waals surface area contributed by atoms with Gasteiger partial charge in [-0.15, -0.1) is 4.99 Å². The average Bonchev–Trinajstić information content (AvgIpc) is 2.00. The van der Waals surface area contributed by atoms with E-state index in [0.717, 1.165) is 6.08 Å². The number of carbonyl (C=O) groups is 2. The highest BCUT2D eigenvalue weighted by molar-refractivity contribution is 5.86. The molecule has 0 bridgehead atoms. The molecule has 0 saturated heterocycles. The first kappa shape index (κ1) is 10.5. The standard InChI is InChI=1S/C6H9N3O3/c7-4(1-2-5(8)11)6(12)9-3-10/h4H,1-2,7H2,(H2,8,11)/t4-/m0/s1. The molecule has 6 nitrogen and oxygen atoms in total. The zero-order valence-corrected chi connectivity index (χ0v) is 6.32. The highest BCUT2D eigenvalue weighted by Crippen LogP contribution is 1.95. The van der Waals surface area contributed by atoms with Gasteiger partial charge in [0.15, 0.2) is 0 Å². The molecule has 0 aromatic carbocycles. The molecule has 6 heteroatoms. The Labute approximate surface area is 68.6 Å². The van der Waals surface area contributed by atoms with Crippen molar-refractivity contribution in [3.8, 4) is 0 Å². The molecule has 12 heavy (non-hydrogen) atoms. The minimum absolute atomic E-state index is 0.00127. The molecule has 0 heterocycles. The van der Waals surface area contributed by atoms with Crippen LogP contribution in [0.3, 0.4) is 0 Å². The SMILES string of the molecule is NC(=O)CC[C@H](N)C(=O)N=C=O. The Morgan fingerprint density at radius 3 is 2.50 bits per heavy atom. The minimum Gasteiger partial charge on any atom is -0.370 e. The van der Waals surface area contributed by atoms with Gasteiger partial charge in [0.05, 0.1) is 6.04 Å². The van der Waals surface area contributed by atoms with E-state index in [0.29, 0.717) is 0 Å². The van der Waals surface area contributed by atoms with E-state index in [4.69, 9.17) is 11.5 Å². The summed E-state index contributed by atoms with van der Waals surface area (Å²) in [6, 6.07) is -0.945. The van der Waals surface area contributed by atoms with Crippen molar-refractivity contribution in [3.63, 3.8) is 0 Å². The fraction of sp³-hybridized carbons (Fsp3) is 0.500. The summed E-state index contributed by atoms with van der Waals surface area (Å²) in [5.74, 6) is -1.33. The molecule has 0 unspecified atom stereocenters. The fourth-order valence-corrected chi connectivity index (χ4v) is 0.549. The van der Waals surface area contributed by atoms with Gasteiger partial charge in [-0.05, 0) is 6.42 Å². The molecule has 4 N–H and O–H groups in total. The van der Waals surface area contributed by atoms with Crippen LogP contribution in [0.15, 0.2) is 4.99 Å². The predicted molar refractivity (Wildman–Crippen MR) is 39.5 cm³/mol. The normalized spacial score (nSPS) is 11.4. The molecule has 0 rings (SSSR count). The van der Waals surface area contributed by atoms with Gasteiger partial charge < -0.3 is 11.5 Å². The number of carbonyl (C=O) groups excluding carboxylic acids is 3. The van der Waals surface area contributed by atoms with E-state index in [1.54, 1.807) is 0 Å². The Bertz CT molecular complexity index is 232. The molecule has 0 aromatic rings. The Kier molecular flexibility index (Phi) is 4.52. The van der Waals surface area contributed by atoms with Crippen molar-refractivity contribution in [1.29, 1.82) is 0 Å². The smallest absolute Gasteiger partial charge is 0.273 e. The van der Waals surface area contributed by atoms with Crippen LogP contribution in [0.5, 0.6) is 0 Å². The molecular weight excluding hydrogens is 162 g/mol. The van der Waals surface area contributed by atoms with E-state index in [-0.39, 0.29) is 12.8 Å². The third kappa shape index (κ3) is 4.32. The van der Waals surface area contributed by atoms with Gasteiger partial charge in [-0.2, -0.15) is 0 Å². The van der Waals surface area contributed by atoms with Crippen molar-refractivity contribution < 1.29 is 14.4 Å². The molecule has 1 atom stereocenters. The summed E-state index contributed by atoms with van der Waals surface area (Å²) in [6.45, 7) is 0. The number of nitrogens with two attached hydrogens (primary N) is 2. The van der Waals surface area contributed by atoms with Crippen molar-refractivity contribution in [1.82, 2.24) is 0 Å². The maximum Gasteiger partial charge on any atom is 0.273 e. The van der Waals surface area contributed by atoms with Crippen LogP contribution in [-0.4, -0.2) is 23.9 Å². The second-order valence-electron chi connectivity index (χ2n) is 2.15. The van der Waals surface area contributed by atoms with Gasteiger partial charge in [0.25, 0.3) is 5.91 Å². The zero-order chi connectivity index (χ0) is 9.56. The first-order valence-corrected chi connectivity index (χ1v) is 3.23. The van der Waals surface area contributed by atoms with Crippen LogP contribution < -0.4 is 11.5 Å². The first-order valence-electron chi connectivity index (χ1n) is 3.23. The van der Waals surface area contributed by atoms with Gasteiger partial charge >= 0.3 is 0 Å². The van der Waals surface area contributed by atoms with Crippen molar-refractivity contribution >= 4 is 17.9 Å². The molecule has 0 saturated carbocycles. The highest BCUT2D eigenvalue weighted by Gasteiger charge is 2.12. The largest absolute Gasteiger partial charge is 0.370 e. The van der Waals surface area contributed by atoms with Crippen LogP contribution in [-0.2, 0) is 14.4 Å². The molecule has 66 valence electrons. The van der Waals surface area contributed by atoms with Gasteiger partial charge in [-0.3, -0.25) is 9.59 Å². The number of isocyanates is 1. The lowest BCUT2D eigenvalue weighted by Crippen LogP contribution is -2.30. The van der Waals surface area contributed by atoms with Crippen LogP contribution in [0.25, 0.3) is 0 Å². The number of rotatable bonds is 4. The van der Waals surface area contributed by atoms with E-state index in [1.807, 2.05) is 0 Å². The van der Waals surface area contributed by atoms with E-state index in [9.17, 15) is 14.4 Å². The summed E-state index contributed by atoms with van der Waals surface area (Å²) in [6.07, 6.45) is 1.16. The summed E-state index contributed by atoms with van der Waals surface area (Å²) >= 11 is 0. The van der Waals surface area contributed by atoms with E-state index >= 15 is 0 Å². The molecule has 0 aliphatic heterocycles. The maximum atomic E-state index is 10.6. The van der Waals surface area contributed by atoms with Crippen LogP contribution >= 0.6 is 0 Å². The lowest BCUT2D eigenvalue weighted by Gasteiger charge is -2.02. The van der Waals surface area contributed by atoms with Crippen LogP contribution in [0.4, 0.5) is 0 Å². The second-order valence-corrected chi connectivity index (χ2v) is 2.15.